The van der Waals surface area contributed by atoms with Gasteiger partial charge in [-0.2, -0.15) is 0 Å². The van der Waals surface area contributed by atoms with Crippen molar-refractivity contribution in [3.63, 3.8) is 0 Å². The first-order valence-electron chi connectivity index (χ1n) is 2.72. The lowest BCUT2D eigenvalue weighted by Crippen LogP contribution is -2.10. The number of rotatable bonds is 0. The molecule has 1 aromatic carbocycles. The molecule has 0 spiro atoms. The van der Waals surface area contributed by atoms with Gasteiger partial charge in [0.2, 0.25) is 0 Å². The molecular weight excluding hydrogens is 174 g/mol. The van der Waals surface area contributed by atoms with Crippen molar-refractivity contribution in [3.8, 4) is 0 Å². The second-order valence-corrected chi connectivity index (χ2v) is 2.57. The van der Waals surface area contributed by atoms with E-state index >= 15 is 0 Å². The molecule has 0 aromatic heterocycles. The molecule has 0 aliphatic heterocycles. The lowest BCUT2D eigenvalue weighted by atomic mass is 10.3. The fraction of sp³-hybridized carbons (Fsp3) is 0. The normalized spacial score (nSPS) is 10.2. The highest BCUT2D eigenvalue weighted by atomic mass is 31.0. The van der Waals surface area contributed by atoms with Crippen molar-refractivity contribution in [2.24, 2.45) is 0 Å². The van der Waals surface area contributed by atoms with Crippen molar-refractivity contribution >= 4 is 20.2 Å². The summed E-state index contributed by atoms with van der Waals surface area (Å²) in [5.41, 5.74) is 4.60. The Morgan fingerprint density at radius 3 is 2.27 bits per heavy atom. The molecule has 60 valence electrons. The second-order valence-electron chi connectivity index (χ2n) is 1.99. The number of hydrogen-bond donors (Lipinski definition) is 1. The number of nitrogen functional groups attached to an aromatic ring is 1. The lowest BCUT2D eigenvalue weighted by molar-refractivity contribution is 0.505. The fourth-order valence-electron chi connectivity index (χ4n) is 0.644. The molecule has 0 radical (unpaired) electrons. The Bertz CT molecular complexity index is 274. The van der Waals surface area contributed by atoms with Crippen LogP contribution in [0.3, 0.4) is 0 Å². The Morgan fingerprint density at radius 1 is 1.18 bits per heavy atom. The van der Waals surface area contributed by atoms with Crippen molar-refractivity contribution in [1.82, 2.24) is 0 Å². The van der Waals surface area contributed by atoms with E-state index in [-0.39, 0.29) is 0 Å². The van der Waals surface area contributed by atoms with E-state index in [1.54, 1.807) is 9.24 Å². The molecule has 0 fully saturated rings. The van der Waals surface area contributed by atoms with Gasteiger partial charge >= 0.3 is 0 Å². The van der Waals surface area contributed by atoms with Gasteiger partial charge in [0.25, 0.3) is 0 Å². The minimum absolute atomic E-state index is 0.395. The summed E-state index contributed by atoms with van der Waals surface area (Å²) in [6, 6.07) is 0.609. The number of hydrogen-bond acceptors (Lipinski definition) is 1. The van der Waals surface area contributed by atoms with Crippen LogP contribution < -0.4 is 11.0 Å². The molecule has 0 bridgehead atoms. The van der Waals surface area contributed by atoms with Crippen LogP contribution in [0, 0.1) is 17.5 Å². The van der Waals surface area contributed by atoms with Gasteiger partial charge in [0.15, 0.2) is 17.5 Å². The summed E-state index contributed by atoms with van der Waals surface area (Å²) in [4.78, 5) is 0. The molecule has 0 saturated heterocycles. The zero-order chi connectivity index (χ0) is 8.59. The van der Waals surface area contributed by atoms with Crippen LogP contribution in [0.1, 0.15) is 0 Å². The van der Waals surface area contributed by atoms with Crippen molar-refractivity contribution in [2.75, 3.05) is 5.73 Å². The molecule has 0 saturated carbocycles. The van der Waals surface area contributed by atoms with Crippen LogP contribution in [0.15, 0.2) is 6.07 Å². The average molecular weight is 179 g/mol. The summed E-state index contributed by atoms with van der Waals surface area (Å²) in [5, 5.41) is -0.470. The van der Waals surface area contributed by atoms with Crippen LogP contribution in [0.4, 0.5) is 18.9 Å². The van der Waals surface area contributed by atoms with Crippen LogP contribution in [-0.4, -0.2) is 0 Å². The first kappa shape index (κ1) is 8.34. The highest BCUT2D eigenvalue weighted by molar-refractivity contribution is 7.27. The molecule has 0 amide bonds. The predicted molar refractivity (Wildman–Crippen MR) is 40.1 cm³/mol. The van der Waals surface area contributed by atoms with Crippen molar-refractivity contribution < 1.29 is 13.2 Å². The van der Waals surface area contributed by atoms with E-state index < -0.39 is 28.4 Å². The minimum Gasteiger partial charge on any atom is -0.396 e. The summed E-state index contributed by atoms with van der Waals surface area (Å²) in [7, 11) is 1.74. The Balaban J connectivity index is 3.46. The van der Waals surface area contributed by atoms with Gasteiger partial charge in [0, 0.05) is 11.4 Å². The van der Waals surface area contributed by atoms with Gasteiger partial charge < -0.3 is 5.73 Å². The number of benzene rings is 1. The molecule has 0 heterocycles. The third-order valence-corrected chi connectivity index (χ3v) is 1.73. The molecule has 1 rings (SSSR count). The van der Waals surface area contributed by atoms with E-state index in [1.165, 1.54) is 0 Å². The molecular formula is C6H5F3NP. The Hall–Kier alpha value is -0.760. The van der Waals surface area contributed by atoms with Crippen LogP contribution in [0.25, 0.3) is 0 Å². The average Bonchev–Trinajstić information content (AvgIpc) is 1.97. The summed E-state index contributed by atoms with van der Waals surface area (Å²) in [6.45, 7) is 0. The summed E-state index contributed by atoms with van der Waals surface area (Å²) in [5.74, 6) is -3.30. The maximum atomic E-state index is 12.6. The molecule has 1 unspecified atom stereocenters. The number of nitrogens with two attached hydrogens (primary N) is 1. The fourth-order valence-corrected chi connectivity index (χ4v) is 0.948. The Morgan fingerprint density at radius 2 is 1.73 bits per heavy atom. The predicted octanol–water partition coefficient (Wildman–Crippen LogP) is 1.19. The SMILES string of the molecule is Nc1cc(F)c(F)c(P)c1F. The quantitative estimate of drug-likeness (QED) is 0.361. The van der Waals surface area contributed by atoms with E-state index in [0.29, 0.717) is 6.07 Å². The van der Waals surface area contributed by atoms with Gasteiger partial charge in [0.05, 0.1) is 5.69 Å². The van der Waals surface area contributed by atoms with Crippen molar-refractivity contribution in [1.29, 1.82) is 0 Å². The lowest BCUT2D eigenvalue weighted by Gasteiger charge is -2.01. The monoisotopic (exact) mass is 179 g/mol. The molecule has 0 aliphatic carbocycles. The van der Waals surface area contributed by atoms with Gasteiger partial charge in [-0.1, -0.05) is 9.24 Å². The molecule has 1 atom stereocenters. The summed E-state index contributed by atoms with van der Waals surface area (Å²) < 4.78 is 37.5. The number of halogens is 3. The molecule has 11 heavy (non-hydrogen) atoms. The van der Waals surface area contributed by atoms with Crippen molar-refractivity contribution in [2.45, 2.75) is 0 Å². The molecule has 2 N–H and O–H groups in total. The zero-order valence-corrected chi connectivity index (χ0v) is 6.52. The molecule has 1 aromatic rings. The van der Waals surface area contributed by atoms with Gasteiger partial charge in [-0.25, -0.2) is 13.2 Å². The van der Waals surface area contributed by atoms with Crippen LogP contribution >= 0.6 is 9.24 Å². The second kappa shape index (κ2) is 2.70. The maximum absolute atomic E-state index is 12.6. The maximum Gasteiger partial charge on any atom is 0.169 e. The summed E-state index contributed by atoms with van der Waals surface area (Å²) in [6.07, 6.45) is 0. The highest BCUT2D eigenvalue weighted by Gasteiger charge is 2.12. The zero-order valence-electron chi connectivity index (χ0n) is 5.37. The standard InChI is InChI=1S/C6H5F3NP/c7-2-1-3(10)5(9)6(11)4(2)8/h1H,10-11H2. The highest BCUT2D eigenvalue weighted by Crippen LogP contribution is 2.15. The largest absolute Gasteiger partial charge is 0.396 e. The van der Waals surface area contributed by atoms with Crippen LogP contribution in [-0.2, 0) is 0 Å². The van der Waals surface area contributed by atoms with E-state index in [4.69, 9.17) is 5.73 Å². The van der Waals surface area contributed by atoms with Gasteiger partial charge in [-0.05, 0) is 0 Å². The van der Waals surface area contributed by atoms with Gasteiger partial charge in [0.1, 0.15) is 0 Å². The third kappa shape index (κ3) is 1.31. The smallest absolute Gasteiger partial charge is 0.169 e. The summed E-state index contributed by atoms with van der Waals surface area (Å²) >= 11 is 0. The molecule has 5 heteroatoms. The molecule has 1 nitrogen and oxygen atoms in total. The van der Waals surface area contributed by atoms with E-state index in [9.17, 15) is 13.2 Å². The van der Waals surface area contributed by atoms with E-state index in [1.807, 2.05) is 0 Å². The van der Waals surface area contributed by atoms with E-state index in [2.05, 4.69) is 0 Å². The third-order valence-electron chi connectivity index (χ3n) is 1.22. The minimum atomic E-state index is -1.22. The van der Waals surface area contributed by atoms with Crippen molar-refractivity contribution in [3.05, 3.63) is 23.5 Å². The van der Waals surface area contributed by atoms with Crippen LogP contribution in [0.2, 0.25) is 0 Å². The first-order chi connectivity index (χ1) is 5.04. The van der Waals surface area contributed by atoms with Crippen LogP contribution in [0.5, 0.6) is 0 Å². The topological polar surface area (TPSA) is 26.0 Å². The first-order valence-corrected chi connectivity index (χ1v) is 3.30. The Kier molecular flexibility index (Phi) is 2.05. The Labute approximate surface area is 63.6 Å². The number of anilines is 1. The van der Waals surface area contributed by atoms with E-state index in [0.717, 1.165) is 0 Å². The van der Waals surface area contributed by atoms with Gasteiger partial charge in [-0.15, -0.1) is 0 Å². The van der Waals surface area contributed by atoms with Gasteiger partial charge in [-0.3, -0.25) is 0 Å². The molecule has 0 aliphatic rings.